The largest absolute Gasteiger partial charge is 0.374 e. The quantitative estimate of drug-likeness (QED) is 0.812. The molecule has 0 unspecified atom stereocenters. The number of benzene rings is 1. The lowest BCUT2D eigenvalue weighted by atomic mass is 10.1. The predicted molar refractivity (Wildman–Crippen MR) is 84.3 cm³/mol. The summed E-state index contributed by atoms with van der Waals surface area (Å²) in [6.07, 6.45) is 2.47. The van der Waals surface area contributed by atoms with Crippen LogP contribution in [0.25, 0.3) is 0 Å². The topological polar surface area (TPSA) is 15.3 Å². The fourth-order valence-electron chi connectivity index (χ4n) is 1.87. The second kappa shape index (κ2) is 7.80. The number of nitrogens with one attached hydrogen (secondary N) is 1. The molecule has 0 aliphatic carbocycles. The summed E-state index contributed by atoms with van der Waals surface area (Å²) >= 11 is 3.57. The Balaban J connectivity index is 2.81. The number of unbranched alkanes of at least 4 members (excludes halogenated alkanes) is 1. The Kier molecular flexibility index (Phi) is 6.72. The zero-order chi connectivity index (χ0) is 13.5. The Bertz CT molecular complexity index is 364. The number of rotatable bonds is 7. The summed E-state index contributed by atoms with van der Waals surface area (Å²) in [5.41, 5.74) is 2.69. The minimum absolute atomic E-state index is 0.516. The number of nitrogens with zero attached hydrogens (tertiary/aromatic N) is 1. The van der Waals surface area contributed by atoms with E-state index in [0.29, 0.717) is 6.04 Å². The summed E-state index contributed by atoms with van der Waals surface area (Å²) in [5.74, 6) is 0. The van der Waals surface area contributed by atoms with Gasteiger partial charge in [0.25, 0.3) is 0 Å². The lowest BCUT2D eigenvalue weighted by Gasteiger charge is -2.23. The van der Waals surface area contributed by atoms with Crippen LogP contribution in [0.15, 0.2) is 22.7 Å². The van der Waals surface area contributed by atoms with Crippen LogP contribution in [0.3, 0.4) is 0 Å². The molecule has 0 atom stereocenters. The first kappa shape index (κ1) is 15.5. The van der Waals surface area contributed by atoms with Crippen molar-refractivity contribution in [3.05, 3.63) is 28.2 Å². The SMILES string of the molecule is CCCCN(C)c1cc(Br)ccc1CNC(C)C. The number of hydrogen-bond acceptors (Lipinski definition) is 2. The van der Waals surface area contributed by atoms with Gasteiger partial charge >= 0.3 is 0 Å². The Labute approximate surface area is 120 Å². The van der Waals surface area contributed by atoms with Crippen LogP contribution in [0.1, 0.15) is 39.2 Å². The van der Waals surface area contributed by atoms with Crippen LogP contribution in [-0.4, -0.2) is 19.6 Å². The monoisotopic (exact) mass is 312 g/mol. The van der Waals surface area contributed by atoms with Crippen LogP contribution in [0.2, 0.25) is 0 Å². The average molecular weight is 313 g/mol. The third kappa shape index (κ3) is 4.99. The second-order valence-corrected chi connectivity index (χ2v) is 6.00. The molecule has 0 fully saturated rings. The van der Waals surface area contributed by atoms with Crippen molar-refractivity contribution in [2.45, 2.75) is 46.2 Å². The molecule has 0 saturated carbocycles. The van der Waals surface area contributed by atoms with Crippen LogP contribution >= 0.6 is 15.9 Å². The van der Waals surface area contributed by atoms with Crippen molar-refractivity contribution in [2.24, 2.45) is 0 Å². The van der Waals surface area contributed by atoms with Crippen molar-refractivity contribution < 1.29 is 0 Å². The fourth-order valence-corrected chi connectivity index (χ4v) is 2.22. The third-order valence-corrected chi connectivity index (χ3v) is 3.50. The smallest absolute Gasteiger partial charge is 0.0420 e. The summed E-state index contributed by atoms with van der Waals surface area (Å²) in [5, 5.41) is 3.49. The minimum atomic E-state index is 0.516. The number of anilines is 1. The molecule has 2 nitrogen and oxygen atoms in total. The van der Waals surface area contributed by atoms with E-state index in [0.717, 1.165) is 17.6 Å². The van der Waals surface area contributed by atoms with Gasteiger partial charge in [0.05, 0.1) is 0 Å². The van der Waals surface area contributed by atoms with Gasteiger partial charge in [0.15, 0.2) is 0 Å². The van der Waals surface area contributed by atoms with E-state index in [1.165, 1.54) is 24.1 Å². The molecule has 0 radical (unpaired) electrons. The molecule has 0 bridgehead atoms. The first-order valence-corrected chi connectivity index (χ1v) is 7.56. The fraction of sp³-hybridized carbons (Fsp3) is 0.600. The maximum absolute atomic E-state index is 3.57. The van der Waals surface area contributed by atoms with Gasteiger partial charge in [-0.25, -0.2) is 0 Å². The van der Waals surface area contributed by atoms with Crippen molar-refractivity contribution in [3.8, 4) is 0 Å². The maximum atomic E-state index is 3.57. The van der Waals surface area contributed by atoms with Crippen LogP contribution in [0.5, 0.6) is 0 Å². The molecule has 0 saturated heterocycles. The molecule has 0 amide bonds. The van der Waals surface area contributed by atoms with Gasteiger partial charge in [0.1, 0.15) is 0 Å². The molecule has 0 aliphatic rings. The van der Waals surface area contributed by atoms with Gasteiger partial charge in [-0.1, -0.05) is 49.2 Å². The van der Waals surface area contributed by atoms with Gasteiger partial charge in [0, 0.05) is 36.3 Å². The lowest BCUT2D eigenvalue weighted by molar-refractivity contribution is 0.588. The van der Waals surface area contributed by atoms with Gasteiger partial charge in [-0.15, -0.1) is 0 Å². The normalized spacial score (nSPS) is 11.0. The third-order valence-electron chi connectivity index (χ3n) is 3.01. The van der Waals surface area contributed by atoms with E-state index in [9.17, 15) is 0 Å². The van der Waals surface area contributed by atoms with Gasteiger partial charge in [-0.05, 0) is 24.1 Å². The standard InChI is InChI=1S/C15H25BrN2/c1-5-6-9-18(4)15-10-14(16)8-7-13(15)11-17-12(2)3/h7-8,10,12,17H,5-6,9,11H2,1-4H3. The summed E-state index contributed by atoms with van der Waals surface area (Å²) in [7, 11) is 2.18. The highest BCUT2D eigenvalue weighted by Gasteiger charge is 2.08. The molecule has 1 N–H and O–H groups in total. The highest BCUT2D eigenvalue weighted by atomic mass is 79.9. The predicted octanol–water partition coefficient (Wildman–Crippen LogP) is 4.18. The summed E-state index contributed by atoms with van der Waals surface area (Å²) in [6, 6.07) is 7.06. The molecule has 0 aromatic heterocycles. The Morgan fingerprint density at radius 3 is 2.67 bits per heavy atom. The van der Waals surface area contributed by atoms with E-state index in [4.69, 9.17) is 0 Å². The molecule has 1 aromatic carbocycles. The van der Waals surface area contributed by atoms with Crippen molar-refractivity contribution >= 4 is 21.6 Å². The molecule has 3 heteroatoms. The van der Waals surface area contributed by atoms with Gasteiger partial charge < -0.3 is 10.2 Å². The molecule has 1 aromatic rings. The van der Waals surface area contributed by atoms with E-state index in [1.54, 1.807) is 0 Å². The van der Waals surface area contributed by atoms with E-state index >= 15 is 0 Å². The first-order chi connectivity index (χ1) is 8.54. The molecule has 1 rings (SSSR count). The molecule has 0 aliphatic heterocycles. The van der Waals surface area contributed by atoms with Crippen molar-refractivity contribution in [1.82, 2.24) is 5.32 Å². The highest BCUT2D eigenvalue weighted by Crippen LogP contribution is 2.24. The van der Waals surface area contributed by atoms with Gasteiger partial charge in [0.2, 0.25) is 0 Å². The summed E-state index contributed by atoms with van der Waals surface area (Å²) < 4.78 is 1.15. The second-order valence-electron chi connectivity index (χ2n) is 5.08. The van der Waals surface area contributed by atoms with Crippen LogP contribution in [0.4, 0.5) is 5.69 Å². The average Bonchev–Trinajstić information content (AvgIpc) is 2.34. The lowest BCUT2D eigenvalue weighted by Crippen LogP contribution is -2.25. The Morgan fingerprint density at radius 2 is 2.06 bits per heavy atom. The zero-order valence-electron chi connectivity index (χ0n) is 12.0. The van der Waals surface area contributed by atoms with Crippen molar-refractivity contribution in [1.29, 1.82) is 0 Å². The number of hydrogen-bond donors (Lipinski definition) is 1. The molecule has 18 heavy (non-hydrogen) atoms. The van der Waals surface area contributed by atoms with Crippen LogP contribution in [0, 0.1) is 0 Å². The van der Waals surface area contributed by atoms with E-state index in [1.807, 2.05) is 0 Å². The molecule has 0 spiro atoms. The van der Waals surface area contributed by atoms with Crippen molar-refractivity contribution in [2.75, 3.05) is 18.5 Å². The molecular weight excluding hydrogens is 288 g/mol. The van der Waals surface area contributed by atoms with E-state index < -0.39 is 0 Å². The zero-order valence-corrected chi connectivity index (χ0v) is 13.5. The molecule has 102 valence electrons. The number of halogens is 1. The highest BCUT2D eigenvalue weighted by molar-refractivity contribution is 9.10. The van der Waals surface area contributed by atoms with E-state index in [2.05, 4.69) is 72.2 Å². The van der Waals surface area contributed by atoms with Gasteiger partial charge in [-0.2, -0.15) is 0 Å². The van der Waals surface area contributed by atoms with E-state index in [-0.39, 0.29) is 0 Å². The van der Waals surface area contributed by atoms with Gasteiger partial charge in [-0.3, -0.25) is 0 Å². The summed E-state index contributed by atoms with van der Waals surface area (Å²) in [6.45, 7) is 8.63. The van der Waals surface area contributed by atoms with Crippen LogP contribution < -0.4 is 10.2 Å². The Hall–Kier alpha value is -0.540. The summed E-state index contributed by atoms with van der Waals surface area (Å²) in [4.78, 5) is 2.35. The Morgan fingerprint density at radius 1 is 1.33 bits per heavy atom. The minimum Gasteiger partial charge on any atom is -0.374 e. The first-order valence-electron chi connectivity index (χ1n) is 6.77. The molecule has 0 heterocycles. The van der Waals surface area contributed by atoms with Crippen LogP contribution in [-0.2, 0) is 6.54 Å². The van der Waals surface area contributed by atoms with Crippen molar-refractivity contribution in [3.63, 3.8) is 0 Å². The maximum Gasteiger partial charge on any atom is 0.0420 e. The molecular formula is C15H25BrN2.